The molecular weight excluding hydrogens is 328 g/mol. The van der Waals surface area contributed by atoms with Gasteiger partial charge in [-0.05, 0) is 41.9 Å². The first-order valence-electron chi connectivity index (χ1n) is 8.15. The summed E-state index contributed by atoms with van der Waals surface area (Å²) < 4.78 is 0. The molecule has 0 bridgehead atoms. The maximum absolute atomic E-state index is 11.3. The number of piperidine rings is 1. The smallest absolute Gasteiger partial charge is 0.314 e. The number of aliphatic hydroxyl groups excluding tert-OH is 1. The van der Waals surface area contributed by atoms with Crippen molar-refractivity contribution in [2.45, 2.75) is 32.8 Å². The first kappa shape index (κ1) is 17.0. The van der Waals surface area contributed by atoms with E-state index in [4.69, 9.17) is 17.3 Å². The van der Waals surface area contributed by atoms with E-state index in [0.717, 1.165) is 29.3 Å². The molecule has 1 aliphatic rings. The largest absolute Gasteiger partial charge is 0.388 e. The molecule has 1 unspecified atom stereocenters. The van der Waals surface area contributed by atoms with E-state index in [0.29, 0.717) is 18.1 Å². The van der Waals surface area contributed by atoms with Gasteiger partial charge in [-0.15, -0.1) is 0 Å². The summed E-state index contributed by atoms with van der Waals surface area (Å²) in [5.41, 5.74) is 6.59. The average molecular weight is 351 g/mol. The van der Waals surface area contributed by atoms with Gasteiger partial charge in [0, 0.05) is 23.5 Å². The second-order valence-electron chi connectivity index (χ2n) is 7.15. The van der Waals surface area contributed by atoms with Gasteiger partial charge in [-0.25, -0.2) is 4.79 Å². The Kier molecular flexibility index (Phi) is 4.44. The number of hydrogen-bond acceptors (Lipinski definition) is 3. The Labute approximate surface area is 146 Å². The highest BCUT2D eigenvalue weighted by Crippen LogP contribution is 2.46. The summed E-state index contributed by atoms with van der Waals surface area (Å²) in [7, 11) is 0. The monoisotopic (exact) mass is 350 g/mol. The normalized spacial score (nSPS) is 18.1. The Morgan fingerprint density at radius 1 is 1.46 bits per heavy atom. The van der Waals surface area contributed by atoms with Crippen LogP contribution < -0.4 is 5.73 Å². The van der Waals surface area contributed by atoms with Crippen LogP contribution in [0.5, 0.6) is 0 Å². The number of carbonyl (C=O) groups is 1. The van der Waals surface area contributed by atoms with Crippen LogP contribution in [0.1, 0.15) is 38.4 Å². The molecule has 0 radical (unpaired) electrons. The molecule has 2 heterocycles. The van der Waals surface area contributed by atoms with Gasteiger partial charge in [0.1, 0.15) is 0 Å². The highest BCUT2D eigenvalue weighted by atomic mass is 35.5. The van der Waals surface area contributed by atoms with Gasteiger partial charge in [-0.3, -0.25) is 5.10 Å². The van der Waals surface area contributed by atoms with Gasteiger partial charge in [0.05, 0.1) is 17.8 Å². The fraction of sp³-hybridized carbons (Fsp3) is 0.529. The van der Waals surface area contributed by atoms with Crippen molar-refractivity contribution in [1.29, 1.82) is 0 Å². The second-order valence-corrected chi connectivity index (χ2v) is 7.59. The summed E-state index contributed by atoms with van der Waals surface area (Å²) in [5, 5.41) is 19.5. The summed E-state index contributed by atoms with van der Waals surface area (Å²) in [5.74, 6) is 0.282. The third-order valence-corrected chi connectivity index (χ3v) is 5.63. The van der Waals surface area contributed by atoms with E-state index in [1.54, 1.807) is 17.2 Å². The predicted molar refractivity (Wildman–Crippen MR) is 93.7 cm³/mol. The topological polar surface area (TPSA) is 95.2 Å². The Bertz CT molecular complexity index is 750. The van der Waals surface area contributed by atoms with Gasteiger partial charge in [-0.1, -0.05) is 25.4 Å². The lowest BCUT2D eigenvalue weighted by atomic mass is 9.68. The van der Waals surface area contributed by atoms with Crippen LogP contribution in [0.15, 0.2) is 18.3 Å². The molecule has 4 N–H and O–H groups in total. The zero-order valence-electron chi connectivity index (χ0n) is 13.9. The number of aromatic nitrogens is 2. The summed E-state index contributed by atoms with van der Waals surface area (Å²) in [6.07, 6.45) is 2.68. The molecule has 0 aliphatic carbocycles. The lowest BCUT2D eigenvalue weighted by Crippen LogP contribution is -2.45. The van der Waals surface area contributed by atoms with E-state index in [1.807, 2.05) is 6.07 Å². The average Bonchev–Trinajstić information content (AvgIpc) is 3.01. The Morgan fingerprint density at radius 2 is 2.12 bits per heavy atom. The van der Waals surface area contributed by atoms with Crippen molar-refractivity contribution in [2.75, 3.05) is 13.1 Å². The van der Waals surface area contributed by atoms with Crippen LogP contribution in [0, 0.1) is 11.3 Å². The number of nitrogens with zero attached hydrogens (tertiary/aromatic N) is 2. The maximum atomic E-state index is 11.3. The molecule has 7 heteroatoms. The van der Waals surface area contributed by atoms with E-state index >= 15 is 0 Å². The molecule has 3 rings (SSSR count). The molecule has 1 aromatic carbocycles. The Hall–Kier alpha value is -1.79. The number of fused-ring (bicyclic) bond motifs is 1. The minimum atomic E-state index is -0.679. The standard InChI is InChI=1S/C17H23ClN4O2/c1-17(2,10-3-5-22(6-4-10)16(19)24)15(23)12-7-11(18)8-14-13(12)9-20-21-14/h7-10,15,23H,3-6H2,1-2H3,(H2,19,24)(H,20,21). The number of primary amides is 1. The first-order valence-corrected chi connectivity index (χ1v) is 8.53. The fourth-order valence-electron chi connectivity index (χ4n) is 3.74. The number of halogens is 1. The third-order valence-electron chi connectivity index (χ3n) is 5.41. The second kappa shape index (κ2) is 6.26. The van der Waals surface area contributed by atoms with Gasteiger partial charge in [0.15, 0.2) is 0 Å². The number of aromatic amines is 1. The van der Waals surface area contributed by atoms with Crippen LogP contribution in [0.3, 0.4) is 0 Å². The minimum Gasteiger partial charge on any atom is -0.388 e. The summed E-state index contributed by atoms with van der Waals surface area (Å²) in [4.78, 5) is 13.0. The van der Waals surface area contributed by atoms with Gasteiger partial charge < -0.3 is 15.7 Å². The number of nitrogens with two attached hydrogens (primary N) is 1. The number of carbonyl (C=O) groups excluding carboxylic acids is 1. The van der Waals surface area contributed by atoms with Crippen LogP contribution in [-0.2, 0) is 0 Å². The number of likely N-dealkylation sites (tertiary alicyclic amines) is 1. The molecule has 1 aliphatic heterocycles. The van der Waals surface area contributed by atoms with E-state index in [1.165, 1.54) is 0 Å². The molecule has 130 valence electrons. The molecule has 6 nitrogen and oxygen atoms in total. The van der Waals surface area contributed by atoms with E-state index in [9.17, 15) is 9.90 Å². The van der Waals surface area contributed by atoms with E-state index < -0.39 is 6.10 Å². The van der Waals surface area contributed by atoms with Crippen molar-refractivity contribution in [2.24, 2.45) is 17.1 Å². The van der Waals surface area contributed by atoms with Crippen LogP contribution in [0.4, 0.5) is 4.79 Å². The lowest BCUT2D eigenvalue weighted by molar-refractivity contribution is -0.0139. The highest BCUT2D eigenvalue weighted by Gasteiger charge is 2.40. The quantitative estimate of drug-likeness (QED) is 0.793. The van der Waals surface area contributed by atoms with Gasteiger partial charge in [0.2, 0.25) is 0 Å². The number of amides is 2. The molecule has 2 aromatic rings. The van der Waals surface area contributed by atoms with Crippen molar-refractivity contribution in [3.8, 4) is 0 Å². The minimum absolute atomic E-state index is 0.282. The summed E-state index contributed by atoms with van der Waals surface area (Å²) in [6, 6.07) is 3.24. The molecule has 0 spiro atoms. The Balaban J connectivity index is 1.86. The van der Waals surface area contributed by atoms with Gasteiger partial charge >= 0.3 is 6.03 Å². The van der Waals surface area contributed by atoms with Crippen LogP contribution in [-0.4, -0.2) is 39.3 Å². The van der Waals surface area contributed by atoms with Gasteiger partial charge in [-0.2, -0.15) is 5.10 Å². The van der Waals surface area contributed by atoms with E-state index in [2.05, 4.69) is 24.0 Å². The number of benzene rings is 1. The molecule has 24 heavy (non-hydrogen) atoms. The van der Waals surface area contributed by atoms with Crippen molar-refractivity contribution in [3.05, 3.63) is 28.9 Å². The van der Waals surface area contributed by atoms with Crippen LogP contribution >= 0.6 is 11.6 Å². The lowest BCUT2D eigenvalue weighted by Gasteiger charge is -2.43. The molecule has 2 amide bonds. The molecule has 1 aromatic heterocycles. The van der Waals surface area contributed by atoms with E-state index in [-0.39, 0.29) is 17.4 Å². The number of nitrogens with one attached hydrogen (secondary N) is 1. The highest BCUT2D eigenvalue weighted by molar-refractivity contribution is 6.31. The SMILES string of the molecule is CC(C)(C1CCN(C(N)=O)CC1)C(O)c1cc(Cl)cc2[nH]ncc12. The summed E-state index contributed by atoms with van der Waals surface area (Å²) >= 11 is 6.20. The molecule has 0 saturated carbocycles. The predicted octanol–water partition coefficient (Wildman–Crippen LogP) is 3.07. The number of urea groups is 1. The number of H-pyrrole nitrogens is 1. The first-order chi connectivity index (χ1) is 11.3. The van der Waals surface area contributed by atoms with Crippen molar-refractivity contribution < 1.29 is 9.90 Å². The zero-order valence-corrected chi connectivity index (χ0v) is 14.7. The van der Waals surface area contributed by atoms with Gasteiger partial charge in [0.25, 0.3) is 0 Å². The van der Waals surface area contributed by atoms with Crippen molar-refractivity contribution in [1.82, 2.24) is 15.1 Å². The molecule has 1 atom stereocenters. The third kappa shape index (κ3) is 2.96. The Morgan fingerprint density at radius 3 is 2.75 bits per heavy atom. The van der Waals surface area contributed by atoms with Crippen molar-refractivity contribution in [3.63, 3.8) is 0 Å². The summed E-state index contributed by atoms with van der Waals surface area (Å²) in [6.45, 7) is 5.39. The maximum Gasteiger partial charge on any atom is 0.314 e. The van der Waals surface area contributed by atoms with Crippen molar-refractivity contribution >= 4 is 28.5 Å². The zero-order chi connectivity index (χ0) is 17.5. The number of aliphatic hydroxyl groups is 1. The number of hydrogen-bond donors (Lipinski definition) is 3. The van der Waals surface area contributed by atoms with Crippen LogP contribution in [0.2, 0.25) is 5.02 Å². The molecule has 1 fully saturated rings. The molecular formula is C17H23ClN4O2. The number of rotatable bonds is 3. The van der Waals surface area contributed by atoms with Crippen LogP contribution in [0.25, 0.3) is 10.9 Å². The fourth-order valence-corrected chi connectivity index (χ4v) is 3.96. The molecule has 1 saturated heterocycles.